The Labute approximate surface area is 214 Å². The van der Waals surface area contributed by atoms with Gasteiger partial charge in [0, 0.05) is 36.2 Å². The van der Waals surface area contributed by atoms with Crippen molar-refractivity contribution in [1.82, 2.24) is 0 Å². The van der Waals surface area contributed by atoms with Gasteiger partial charge in [-0.2, -0.15) is 0 Å². The summed E-state index contributed by atoms with van der Waals surface area (Å²) < 4.78 is 3.06. The Bertz CT molecular complexity index is 1240. The van der Waals surface area contributed by atoms with Crippen LogP contribution in [0.1, 0.15) is 101 Å². The molecular weight excluding hydrogens is 448 g/mol. The fraction of sp³-hybridized carbons (Fsp3) is 0.500. The third-order valence-electron chi connectivity index (χ3n) is 7.69. The first-order chi connectivity index (χ1) is 16.8. The summed E-state index contributed by atoms with van der Waals surface area (Å²) in [6.45, 7) is 4.60. The summed E-state index contributed by atoms with van der Waals surface area (Å²) in [6.07, 6.45) is 18.9. The molecule has 0 unspecified atom stereocenters. The van der Waals surface area contributed by atoms with Crippen LogP contribution in [0.4, 0.5) is 0 Å². The minimum atomic E-state index is 1.23. The van der Waals surface area contributed by atoms with Gasteiger partial charge in [0.25, 0.3) is 0 Å². The molecule has 2 heteroatoms. The molecule has 0 nitrogen and oxygen atoms in total. The summed E-state index contributed by atoms with van der Waals surface area (Å²) in [6, 6.07) is 12.0. The summed E-state index contributed by atoms with van der Waals surface area (Å²) in [7, 11) is 0. The van der Waals surface area contributed by atoms with E-state index in [-0.39, 0.29) is 0 Å². The highest BCUT2D eigenvalue weighted by Gasteiger charge is 2.31. The first kappa shape index (κ1) is 24.1. The van der Waals surface area contributed by atoms with Gasteiger partial charge in [0.1, 0.15) is 0 Å². The number of benzene rings is 2. The summed E-state index contributed by atoms with van der Waals surface area (Å²) in [5.41, 5.74) is 7.79. The Balaban J connectivity index is 1.37. The zero-order valence-electron chi connectivity index (χ0n) is 21.2. The number of hydrogen-bond donors (Lipinski definition) is 0. The fourth-order valence-corrected chi connectivity index (χ4v) is 8.08. The molecule has 0 radical (unpaired) electrons. The van der Waals surface area contributed by atoms with Gasteiger partial charge in [-0.3, -0.25) is 0 Å². The van der Waals surface area contributed by atoms with Crippen LogP contribution in [0.2, 0.25) is 0 Å². The van der Waals surface area contributed by atoms with Gasteiger partial charge in [-0.25, -0.2) is 0 Å². The van der Waals surface area contributed by atoms with Crippen LogP contribution in [0.5, 0.6) is 0 Å². The zero-order valence-corrected chi connectivity index (χ0v) is 22.8. The van der Waals surface area contributed by atoms with Crippen molar-refractivity contribution in [3.63, 3.8) is 0 Å². The summed E-state index contributed by atoms with van der Waals surface area (Å²) in [5, 5.41) is 5.32. The molecule has 0 saturated carbocycles. The summed E-state index contributed by atoms with van der Waals surface area (Å²) in [5.74, 6) is 0. The molecule has 0 atom stereocenters. The number of aryl methyl sites for hydroxylation is 2. The van der Waals surface area contributed by atoms with Crippen LogP contribution in [-0.2, 0) is 12.8 Å². The largest absolute Gasteiger partial charge is 0.143 e. The van der Waals surface area contributed by atoms with Gasteiger partial charge in [-0.15, -0.1) is 22.7 Å². The molecule has 34 heavy (non-hydrogen) atoms. The minimum absolute atomic E-state index is 1.23. The average Bonchev–Trinajstić information content (AvgIpc) is 3.47. The Kier molecular flexibility index (Phi) is 8.07. The van der Waals surface area contributed by atoms with Crippen LogP contribution in [0.25, 0.3) is 42.4 Å². The average molecular weight is 489 g/mol. The highest BCUT2D eigenvalue weighted by atomic mass is 32.1. The Morgan fingerprint density at radius 3 is 2.09 bits per heavy atom. The highest BCUT2D eigenvalue weighted by molar-refractivity contribution is 7.22. The van der Waals surface area contributed by atoms with E-state index in [0.29, 0.717) is 0 Å². The van der Waals surface area contributed by atoms with E-state index < -0.39 is 0 Å². The van der Waals surface area contributed by atoms with Gasteiger partial charge >= 0.3 is 0 Å². The molecule has 0 bridgehead atoms. The Morgan fingerprint density at radius 1 is 0.618 bits per heavy atom. The quantitative estimate of drug-likeness (QED) is 0.136. The second-order valence-corrected chi connectivity index (χ2v) is 12.3. The number of thiophene rings is 2. The van der Waals surface area contributed by atoms with E-state index in [1.807, 2.05) is 11.3 Å². The molecule has 1 aliphatic rings. The Morgan fingerprint density at radius 2 is 1.32 bits per heavy atom. The molecule has 1 aliphatic carbocycles. The lowest BCUT2D eigenvalue weighted by molar-refractivity contribution is 0.608. The van der Waals surface area contributed by atoms with Gasteiger partial charge in [0.15, 0.2) is 0 Å². The van der Waals surface area contributed by atoms with E-state index >= 15 is 0 Å². The smallest absolute Gasteiger partial charge is 0.0445 e. The first-order valence-corrected chi connectivity index (χ1v) is 15.6. The number of rotatable bonds is 14. The third-order valence-corrected chi connectivity index (χ3v) is 9.85. The molecule has 2 heterocycles. The molecular formula is C32H40S2. The maximum atomic E-state index is 2.53. The molecule has 0 saturated heterocycles. The predicted octanol–water partition coefficient (Wildman–Crippen LogP) is 11.6. The molecule has 0 N–H and O–H groups in total. The van der Waals surface area contributed by atoms with Crippen LogP contribution in [0, 0.1) is 0 Å². The number of fused-ring (bicyclic) bond motifs is 9. The molecule has 2 aromatic heterocycles. The lowest BCUT2D eigenvalue weighted by Crippen LogP contribution is -2.04. The van der Waals surface area contributed by atoms with Crippen molar-refractivity contribution in [3.8, 4) is 22.3 Å². The van der Waals surface area contributed by atoms with Crippen molar-refractivity contribution in [2.24, 2.45) is 0 Å². The van der Waals surface area contributed by atoms with Crippen molar-refractivity contribution in [2.75, 3.05) is 0 Å². The second-order valence-electron chi connectivity index (χ2n) is 10.2. The number of hydrogen-bond acceptors (Lipinski definition) is 2. The maximum Gasteiger partial charge on any atom is 0.0445 e. The molecule has 4 aromatic rings. The monoisotopic (exact) mass is 488 g/mol. The second kappa shape index (κ2) is 11.4. The van der Waals surface area contributed by atoms with Crippen LogP contribution < -0.4 is 0 Å². The molecule has 0 aliphatic heterocycles. The van der Waals surface area contributed by atoms with Crippen molar-refractivity contribution in [1.29, 1.82) is 0 Å². The van der Waals surface area contributed by atoms with Gasteiger partial charge in [-0.1, -0.05) is 96.3 Å². The van der Waals surface area contributed by atoms with Crippen molar-refractivity contribution in [2.45, 2.75) is 104 Å². The molecule has 180 valence electrons. The number of unbranched alkanes of at least 4 members (excludes halogenated alkanes) is 10. The van der Waals surface area contributed by atoms with Crippen LogP contribution in [0.3, 0.4) is 0 Å². The van der Waals surface area contributed by atoms with Gasteiger partial charge < -0.3 is 0 Å². The lowest BCUT2D eigenvalue weighted by atomic mass is 9.75. The van der Waals surface area contributed by atoms with Crippen molar-refractivity contribution < 1.29 is 0 Å². The van der Waals surface area contributed by atoms with E-state index in [9.17, 15) is 0 Å². The van der Waals surface area contributed by atoms with E-state index in [1.54, 1.807) is 31.8 Å². The van der Waals surface area contributed by atoms with Crippen LogP contribution >= 0.6 is 22.7 Å². The normalized spacial score (nSPS) is 12.3. The fourth-order valence-electron chi connectivity index (χ4n) is 5.82. The SMILES string of the molecule is CCCCCCCCc1cc2c(s1)c1c(c3ccsc32)-c2c(CCCCCCCC)cccc2-1. The summed E-state index contributed by atoms with van der Waals surface area (Å²) >= 11 is 4.02. The van der Waals surface area contributed by atoms with Crippen molar-refractivity contribution in [3.05, 3.63) is 46.2 Å². The molecule has 2 aromatic carbocycles. The first-order valence-electron chi connectivity index (χ1n) is 13.9. The van der Waals surface area contributed by atoms with Gasteiger partial charge in [0.2, 0.25) is 0 Å². The predicted molar refractivity (Wildman–Crippen MR) is 156 cm³/mol. The maximum absolute atomic E-state index is 2.53. The van der Waals surface area contributed by atoms with E-state index in [1.165, 1.54) is 111 Å². The van der Waals surface area contributed by atoms with Crippen LogP contribution in [0.15, 0.2) is 35.7 Å². The van der Waals surface area contributed by atoms with Crippen molar-refractivity contribution >= 4 is 42.8 Å². The van der Waals surface area contributed by atoms with E-state index in [2.05, 4.69) is 60.9 Å². The minimum Gasteiger partial charge on any atom is -0.143 e. The summed E-state index contributed by atoms with van der Waals surface area (Å²) in [4.78, 5) is 1.59. The van der Waals surface area contributed by atoms with Crippen LogP contribution in [-0.4, -0.2) is 0 Å². The third kappa shape index (κ3) is 4.73. The Hall–Kier alpha value is -1.64. The van der Waals surface area contributed by atoms with Gasteiger partial charge in [0.05, 0.1) is 0 Å². The molecule has 5 rings (SSSR count). The topological polar surface area (TPSA) is 0 Å². The molecule has 0 fully saturated rings. The highest BCUT2D eigenvalue weighted by Crippen LogP contribution is 2.58. The standard InChI is InChI=1S/C32H40S2/c1-3-5-7-9-11-13-16-23-17-15-19-25-28(23)29-26-20-21-33-31(26)27-22-24(34-32(27)30(25)29)18-14-12-10-8-6-4-2/h15,17,19-22H,3-14,16,18H2,1-2H3. The van der Waals surface area contributed by atoms with E-state index in [0.717, 1.165) is 0 Å². The van der Waals surface area contributed by atoms with E-state index in [4.69, 9.17) is 0 Å². The van der Waals surface area contributed by atoms with Gasteiger partial charge in [-0.05, 0) is 59.9 Å². The molecule has 0 amide bonds. The zero-order chi connectivity index (χ0) is 23.3. The lowest BCUT2D eigenvalue weighted by Gasteiger charge is -2.29. The molecule has 0 spiro atoms.